The van der Waals surface area contributed by atoms with Gasteiger partial charge in [-0.1, -0.05) is 17.7 Å². The molecule has 1 aliphatic heterocycles. The van der Waals surface area contributed by atoms with Crippen molar-refractivity contribution in [2.45, 2.75) is 32.6 Å². The Bertz CT molecular complexity index is 442. The van der Waals surface area contributed by atoms with Gasteiger partial charge in [-0.05, 0) is 43.9 Å². The molecule has 3 nitrogen and oxygen atoms in total. The van der Waals surface area contributed by atoms with E-state index in [0.717, 1.165) is 42.2 Å². The summed E-state index contributed by atoms with van der Waals surface area (Å²) in [5, 5.41) is 4.01. The van der Waals surface area contributed by atoms with E-state index in [-0.39, 0.29) is 5.91 Å². The van der Waals surface area contributed by atoms with Gasteiger partial charge in [-0.3, -0.25) is 4.79 Å². The highest BCUT2D eigenvalue weighted by molar-refractivity contribution is 6.31. The van der Waals surface area contributed by atoms with Gasteiger partial charge in [0, 0.05) is 36.8 Å². The molecule has 0 aromatic heterocycles. The first-order valence-corrected chi connectivity index (χ1v) is 7.32. The number of benzene rings is 1. The van der Waals surface area contributed by atoms with Crippen molar-refractivity contribution in [1.29, 1.82) is 0 Å². The van der Waals surface area contributed by atoms with E-state index in [9.17, 15) is 4.79 Å². The molecule has 2 rings (SSSR count). The van der Waals surface area contributed by atoms with Gasteiger partial charge in [0.2, 0.25) is 5.91 Å². The van der Waals surface area contributed by atoms with Gasteiger partial charge in [-0.15, -0.1) is 0 Å². The molecule has 1 aromatic rings. The number of amides is 1. The molecule has 0 unspecified atom stereocenters. The summed E-state index contributed by atoms with van der Waals surface area (Å²) in [6.45, 7) is 4.49. The Morgan fingerprint density at radius 2 is 2.05 bits per heavy atom. The molecule has 1 N–H and O–H groups in total. The molecule has 1 aliphatic rings. The zero-order chi connectivity index (χ0) is 13.7. The first kappa shape index (κ1) is 14.2. The number of hydrogen-bond acceptors (Lipinski definition) is 2. The summed E-state index contributed by atoms with van der Waals surface area (Å²) < 4.78 is 0. The monoisotopic (exact) mass is 280 g/mol. The van der Waals surface area contributed by atoms with Gasteiger partial charge in [0.15, 0.2) is 0 Å². The third kappa shape index (κ3) is 4.13. The molecule has 0 spiro atoms. The van der Waals surface area contributed by atoms with E-state index in [1.54, 1.807) is 0 Å². The maximum absolute atomic E-state index is 12.0. The molecule has 4 heteroatoms. The van der Waals surface area contributed by atoms with Crippen LogP contribution in [0.5, 0.6) is 0 Å². The van der Waals surface area contributed by atoms with Crippen molar-refractivity contribution in [3.8, 4) is 0 Å². The number of nitrogens with one attached hydrogen (secondary N) is 1. The number of aryl methyl sites for hydroxylation is 1. The number of carbonyl (C=O) groups is 1. The van der Waals surface area contributed by atoms with Crippen molar-refractivity contribution in [3.05, 3.63) is 28.8 Å². The van der Waals surface area contributed by atoms with Crippen molar-refractivity contribution in [1.82, 2.24) is 4.90 Å². The molecule has 1 fully saturated rings. The molecule has 1 amide bonds. The van der Waals surface area contributed by atoms with Crippen LogP contribution in [0.4, 0.5) is 5.69 Å². The van der Waals surface area contributed by atoms with Gasteiger partial charge in [0.05, 0.1) is 0 Å². The van der Waals surface area contributed by atoms with Crippen LogP contribution in [0.1, 0.15) is 31.2 Å². The number of rotatable bonds is 4. The van der Waals surface area contributed by atoms with Gasteiger partial charge < -0.3 is 10.2 Å². The maximum atomic E-state index is 12.0. The Hall–Kier alpha value is -1.22. The second-order valence-corrected chi connectivity index (χ2v) is 5.49. The standard InChI is InChI=1S/C15H21ClN2O/c1-12-5-6-13(11-14(12)16)17-8-7-15(19)18-9-3-2-4-10-18/h5-6,11,17H,2-4,7-10H2,1H3. The van der Waals surface area contributed by atoms with Gasteiger partial charge in [-0.2, -0.15) is 0 Å². The molecule has 1 aromatic carbocycles. The van der Waals surface area contributed by atoms with E-state index in [2.05, 4.69) is 5.32 Å². The largest absolute Gasteiger partial charge is 0.384 e. The van der Waals surface area contributed by atoms with E-state index in [1.807, 2.05) is 30.0 Å². The number of carbonyl (C=O) groups excluding carboxylic acids is 1. The molecule has 104 valence electrons. The topological polar surface area (TPSA) is 32.3 Å². The Morgan fingerprint density at radius 1 is 1.32 bits per heavy atom. The van der Waals surface area contributed by atoms with Gasteiger partial charge >= 0.3 is 0 Å². The normalized spacial score (nSPS) is 15.4. The van der Waals surface area contributed by atoms with Crippen LogP contribution in [-0.2, 0) is 4.79 Å². The van der Waals surface area contributed by atoms with Crippen molar-refractivity contribution < 1.29 is 4.79 Å². The zero-order valence-corrected chi connectivity index (χ0v) is 12.2. The minimum absolute atomic E-state index is 0.255. The Morgan fingerprint density at radius 3 is 2.74 bits per heavy atom. The predicted molar refractivity (Wildman–Crippen MR) is 79.7 cm³/mol. The summed E-state index contributed by atoms with van der Waals surface area (Å²) in [5.74, 6) is 0.255. The molecular formula is C15H21ClN2O. The highest BCUT2D eigenvalue weighted by atomic mass is 35.5. The minimum Gasteiger partial charge on any atom is -0.384 e. The Labute approximate surface area is 119 Å². The molecule has 0 atom stereocenters. The van der Waals surface area contributed by atoms with Gasteiger partial charge in [0.25, 0.3) is 0 Å². The zero-order valence-electron chi connectivity index (χ0n) is 11.4. The lowest BCUT2D eigenvalue weighted by atomic mass is 10.1. The summed E-state index contributed by atoms with van der Waals surface area (Å²) in [7, 11) is 0. The third-order valence-corrected chi connectivity index (χ3v) is 3.96. The summed E-state index contributed by atoms with van der Waals surface area (Å²) >= 11 is 6.06. The van der Waals surface area contributed by atoms with Crippen molar-refractivity contribution in [2.75, 3.05) is 25.0 Å². The van der Waals surface area contributed by atoms with E-state index in [0.29, 0.717) is 13.0 Å². The summed E-state index contributed by atoms with van der Waals surface area (Å²) in [5.41, 5.74) is 2.04. The second kappa shape index (κ2) is 6.80. The fraction of sp³-hybridized carbons (Fsp3) is 0.533. The van der Waals surface area contributed by atoms with Crippen LogP contribution < -0.4 is 5.32 Å². The van der Waals surface area contributed by atoms with Crippen molar-refractivity contribution in [2.24, 2.45) is 0 Å². The quantitative estimate of drug-likeness (QED) is 0.916. The van der Waals surface area contributed by atoms with Crippen LogP contribution in [0.15, 0.2) is 18.2 Å². The van der Waals surface area contributed by atoms with Gasteiger partial charge in [0.1, 0.15) is 0 Å². The number of hydrogen-bond donors (Lipinski definition) is 1. The number of likely N-dealkylation sites (tertiary alicyclic amines) is 1. The number of halogens is 1. The van der Waals surface area contributed by atoms with Crippen LogP contribution in [0, 0.1) is 6.92 Å². The molecule has 1 heterocycles. The van der Waals surface area contributed by atoms with E-state index < -0.39 is 0 Å². The molecular weight excluding hydrogens is 260 g/mol. The van der Waals surface area contributed by atoms with Crippen LogP contribution in [-0.4, -0.2) is 30.4 Å². The summed E-state index contributed by atoms with van der Waals surface area (Å²) in [6, 6.07) is 5.88. The lowest BCUT2D eigenvalue weighted by Gasteiger charge is -2.26. The fourth-order valence-corrected chi connectivity index (χ4v) is 2.50. The van der Waals surface area contributed by atoms with E-state index >= 15 is 0 Å². The van der Waals surface area contributed by atoms with Crippen LogP contribution >= 0.6 is 11.6 Å². The predicted octanol–water partition coefficient (Wildman–Crippen LogP) is 3.46. The first-order valence-electron chi connectivity index (χ1n) is 6.94. The van der Waals surface area contributed by atoms with E-state index in [1.165, 1.54) is 6.42 Å². The number of nitrogens with zero attached hydrogens (tertiary/aromatic N) is 1. The second-order valence-electron chi connectivity index (χ2n) is 5.08. The average molecular weight is 281 g/mol. The highest BCUT2D eigenvalue weighted by Gasteiger charge is 2.15. The molecule has 1 saturated heterocycles. The smallest absolute Gasteiger partial charge is 0.224 e. The van der Waals surface area contributed by atoms with E-state index in [4.69, 9.17) is 11.6 Å². The van der Waals surface area contributed by atoms with Crippen LogP contribution in [0.2, 0.25) is 5.02 Å². The minimum atomic E-state index is 0.255. The molecule has 0 bridgehead atoms. The van der Waals surface area contributed by atoms with Crippen molar-refractivity contribution in [3.63, 3.8) is 0 Å². The van der Waals surface area contributed by atoms with Crippen LogP contribution in [0.25, 0.3) is 0 Å². The summed E-state index contributed by atoms with van der Waals surface area (Å²) in [6.07, 6.45) is 4.09. The van der Waals surface area contributed by atoms with Crippen molar-refractivity contribution >= 4 is 23.2 Å². The number of anilines is 1. The maximum Gasteiger partial charge on any atom is 0.224 e. The number of piperidine rings is 1. The molecule has 0 saturated carbocycles. The first-order chi connectivity index (χ1) is 9.16. The Balaban J connectivity index is 1.76. The van der Waals surface area contributed by atoms with Crippen LogP contribution in [0.3, 0.4) is 0 Å². The van der Waals surface area contributed by atoms with Gasteiger partial charge in [-0.25, -0.2) is 0 Å². The third-order valence-electron chi connectivity index (χ3n) is 3.55. The summed E-state index contributed by atoms with van der Waals surface area (Å²) in [4.78, 5) is 13.9. The lowest BCUT2D eigenvalue weighted by Crippen LogP contribution is -2.36. The SMILES string of the molecule is Cc1ccc(NCCC(=O)N2CCCCC2)cc1Cl. The fourth-order valence-electron chi connectivity index (χ4n) is 2.32. The molecule has 19 heavy (non-hydrogen) atoms. The molecule has 0 radical (unpaired) electrons. The lowest BCUT2D eigenvalue weighted by molar-refractivity contribution is -0.131. The Kier molecular flexibility index (Phi) is 5.08. The molecule has 0 aliphatic carbocycles. The average Bonchev–Trinajstić information content (AvgIpc) is 2.43. The highest BCUT2D eigenvalue weighted by Crippen LogP contribution is 2.20.